The molecule has 0 aliphatic rings. The molecule has 0 aromatic carbocycles. The van der Waals surface area contributed by atoms with E-state index in [1.54, 1.807) is 24.8 Å². The Labute approximate surface area is 227 Å². The Bertz CT molecular complexity index is 916. The monoisotopic (exact) mass is 522 g/mol. The standard InChI is InChI=1S/C30H42N4O4/c1-3-5-15-35-17-7-9-19-37-29-13-11-25(21-33-29)27-23-32-28(24-31-27)26-12-14-30(34-22-26)38-20-10-8-18-36-16-6-4-2/h11-14,21-24H,3-10,15-20H2,1-2H3. The molecule has 0 aliphatic heterocycles. The molecule has 3 rings (SSSR count). The van der Waals surface area contributed by atoms with E-state index in [1.807, 2.05) is 24.3 Å². The van der Waals surface area contributed by atoms with Gasteiger partial charge in [-0.2, -0.15) is 0 Å². The van der Waals surface area contributed by atoms with Crippen LogP contribution in [0.1, 0.15) is 65.2 Å². The number of rotatable bonds is 20. The van der Waals surface area contributed by atoms with Gasteiger partial charge in [0.1, 0.15) is 0 Å². The molecule has 3 heterocycles. The molecule has 206 valence electrons. The van der Waals surface area contributed by atoms with Crippen molar-refractivity contribution in [3.05, 3.63) is 49.1 Å². The molecule has 0 radical (unpaired) electrons. The summed E-state index contributed by atoms with van der Waals surface area (Å²) in [5.41, 5.74) is 3.28. The van der Waals surface area contributed by atoms with E-state index in [1.165, 1.54) is 0 Å². The molecule has 0 atom stereocenters. The Morgan fingerprint density at radius 2 is 0.895 bits per heavy atom. The average Bonchev–Trinajstić information content (AvgIpc) is 2.97. The molecular formula is C30H42N4O4. The van der Waals surface area contributed by atoms with Gasteiger partial charge in [0.2, 0.25) is 11.8 Å². The molecule has 0 aliphatic carbocycles. The molecule has 0 N–H and O–H groups in total. The number of hydrogen-bond donors (Lipinski definition) is 0. The second-order valence-electron chi connectivity index (χ2n) is 9.10. The first kappa shape index (κ1) is 29.5. The van der Waals surface area contributed by atoms with E-state index in [-0.39, 0.29) is 0 Å². The molecule has 0 amide bonds. The van der Waals surface area contributed by atoms with Crippen molar-refractivity contribution in [3.63, 3.8) is 0 Å². The van der Waals surface area contributed by atoms with E-state index in [0.717, 1.165) is 100 Å². The number of unbranched alkanes of at least 4 members (excludes halogenated alkanes) is 4. The van der Waals surface area contributed by atoms with Crippen molar-refractivity contribution in [1.82, 2.24) is 19.9 Å². The van der Waals surface area contributed by atoms with Crippen molar-refractivity contribution in [1.29, 1.82) is 0 Å². The number of aromatic nitrogens is 4. The van der Waals surface area contributed by atoms with Crippen molar-refractivity contribution in [2.75, 3.05) is 39.6 Å². The number of ether oxygens (including phenoxy) is 4. The van der Waals surface area contributed by atoms with Gasteiger partial charge in [-0.25, -0.2) is 9.97 Å². The Balaban J connectivity index is 1.37. The highest BCUT2D eigenvalue weighted by Gasteiger charge is 2.06. The average molecular weight is 523 g/mol. The maximum atomic E-state index is 5.74. The van der Waals surface area contributed by atoms with E-state index in [0.29, 0.717) is 25.0 Å². The fourth-order valence-corrected chi connectivity index (χ4v) is 3.52. The third-order valence-electron chi connectivity index (χ3n) is 5.87. The SMILES string of the molecule is CCCCOCCCCOc1ccc(-c2cnc(-c3ccc(OCCCCOCCCC)nc3)cn2)cn1. The summed E-state index contributed by atoms with van der Waals surface area (Å²) < 4.78 is 22.6. The van der Waals surface area contributed by atoms with Crippen LogP contribution in [0.4, 0.5) is 0 Å². The van der Waals surface area contributed by atoms with Crippen LogP contribution in [0.5, 0.6) is 11.8 Å². The van der Waals surface area contributed by atoms with Gasteiger partial charge in [-0.1, -0.05) is 26.7 Å². The van der Waals surface area contributed by atoms with Gasteiger partial charge in [-0.15, -0.1) is 0 Å². The summed E-state index contributed by atoms with van der Waals surface area (Å²) in [6.45, 7) is 8.85. The zero-order chi connectivity index (χ0) is 26.7. The first-order chi connectivity index (χ1) is 18.8. The Hall–Kier alpha value is -3.10. The fraction of sp³-hybridized carbons (Fsp3) is 0.533. The highest BCUT2D eigenvalue weighted by molar-refractivity contribution is 5.62. The lowest BCUT2D eigenvalue weighted by atomic mass is 10.2. The molecule has 3 aromatic heterocycles. The van der Waals surface area contributed by atoms with Crippen LogP contribution >= 0.6 is 0 Å². The number of pyridine rings is 2. The fourth-order valence-electron chi connectivity index (χ4n) is 3.52. The smallest absolute Gasteiger partial charge is 0.213 e. The van der Waals surface area contributed by atoms with Gasteiger partial charge in [0.05, 0.1) is 37.0 Å². The molecule has 3 aromatic rings. The van der Waals surface area contributed by atoms with Crippen molar-refractivity contribution in [2.24, 2.45) is 0 Å². The highest BCUT2D eigenvalue weighted by Crippen LogP contribution is 2.22. The van der Waals surface area contributed by atoms with Gasteiger partial charge in [-0.3, -0.25) is 9.97 Å². The summed E-state index contributed by atoms with van der Waals surface area (Å²) in [7, 11) is 0. The van der Waals surface area contributed by atoms with Crippen LogP contribution < -0.4 is 9.47 Å². The normalized spacial score (nSPS) is 11.0. The molecule has 8 heteroatoms. The Morgan fingerprint density at radius 3 is 1.26 bits per heavy atom. The molecule has 0 saturated carbocycles. The molecule has 0 spiro atoms. The van der Waals surface area contributed by atoms with Gasteiger partial charge in [-0.05, 0) is 50.7 Å². The maximum absolute atomic E-state index is 5.74. The Kier molecular flexibility index (Phi) is 14.1. The zero-order valence-corrected chi connectivity index (χ0v) is 22.9. The molecule has 8 nitrogen and oxygen atoms in total. The van der Waals surface area contributed by atoms with Gasteiger partial charge in [0.15, 0.2) is 0 Å². The van der Waals surface area contributed by atoms with Crippen LogP contribution in [0.15, 0.2) is 49.1 Å². The van der Waals surface area contributed by atoms with Crippen molar-refractivity contribution < 1.29 is 18.9 Å². The topological polar surface area (TPSA) is 88.5 Å². The summed E-state index contributed by atoms with van der Waals surface area (Å²) in [4.78, 5) is 17.9. The van der Waals surface area contributed by atoms with Crippen molar-refractivity contribution in [2.45, 2.75) is 65.2 Å². The second kappa shape index (κ2) is 18.2. The summed E-state index contributed by atoms with van der Waals surface area (Å²) in [5.74, 6) is 1.22. The van der Waals surface area contributed by atoms with Crippen LogP contribution in [0.2, 0.25) is 0 Å². The van der Waals surface area contributed by atoms with E-state index in [9.17, 15) is 0 Å². The van der Waals surface area contributed by atoms with E-state index < -0.39 is 0 Å². The minimum absolute atomic E-state index is 0.610. The summed E-state index contributed by atoms with van der Waals surface area (Å²) in [6.07, 6.45) is 15.5. The van der Waals surface area contributed by atoms with Gasteiger partial charge < -0.3 is 18.9 Å². The molecule has 0 unspecified atom stereocenters. The third kappa shape index (κ3) is 11.1. The third-order valence-corrected chi connectivity index (χ3v) is 5.87. The lowest BCUT2D eigenvalue weighted by molar-refractivity contribution is 0.123. The summed E-state index contributed by atoms with van der Waals surface area (Å²) in [6, 6.07) is 7.63. The summed E-state index contributed by atoms with van der Waals surface area (Å²) >= 11 is 0. The van der Waals surface area contributed by atoms with Crippen molar-refractivity contribution in [3.8, 4) is 34.3 Å². The first-order valence-electron chi connectivity index (χ1n) is 14.0. The van der Waals surface area contributed by atoms with Gasteiger partial charge in [0, 0.05) is 62.1 Å². The van der Waals surface area contributed by atoms with Gasteiger partial charge in [0.25, 0.3) is 0 Å². The lowest BCUT2D eigenvalue weighted by Crippen LogP contribution is -2.02. The quantitative estimate of drug-likeness (QED) is 0.154. The number of nitrogens with zero attached hydrogens (tertiary/aromatic N) is 4. The predicted octanol–water partition coefficient (Wildman–Crippen LogP) is 6.55. The highest BCUT2D eigenvalue weighted by atomic mass is 16.5. The minimum Gasteiger partial charge on any atom is -0.478 e. The van der Waals surface area contributed by atoms with Crippen LogP contribution in [0.25, 0.3) is 22.5 Å². The first-order valence-corrected chi connectivity index (χ1v) is 14.0. The van der Waals surface area contributed by atoms with E-state index in [4.69, 9.17) is 18.9 Å². The second-order valence-corrected chi connectivity index (χ2v) is 9.10. The van der Waals surface area contributed by atoms with Crippen molar-refractivity contribution >= 4 is 0 Å². The predicted molar refractivity (Wildman–Crippen MR) is 149 cm³/mol. The Morgan fingerprint density at radius 1 is 0.474 bits per heavy atom. The van der Waals surface area contributed by atoms with Crippen LogP contribution in [-0.4, -0.2) is 59.6 Å². The molecule has 0 saturated heterocycles. The minimum atomic E-state index is 0.610. The van der Waals surface area contributed by atoms with E-state index in [2.05, 4.69) is 33.8 Å². The largest absolute Gasteiger partial charge is 0.478 e. The number of hydrogen-bond acceptors (Lipinski definition) is 8. The molecule has 0 fully saturated rings. The van der Waals surface area contributed by atoms with E-state index >= 15 is 0 Å². The zero-order valence-electron chi connectivity index (χ0n) is 22.9. The maximum Gasteiger partial charge on any atom is 0.213 e. The van der Waals surface area contributed by atoms with Crippen LogP contribution in [0, 0.1) is 0 Å². The van der Waals surface area contributed by atoms with Crippen LogP contribution in [0.3, 0.4) is 0 Å². The molecular weight excluding hydrogens is 480 g/mol. The van der Waals surface area contributed by atoms with Gasteiger partial charge >= 0.3 is 0 Å². The lowest BCUT2D eigenvalue weighted by Gasteiger charge is -2.08. The van der Waals surface area contributed by atoms with Crippen LogP contribution in [-0.2, 0) is 9.47 Å². The molecule has 38 heavy (non-hydrogen) atoms. The molecule has 0 bridgehead atoms. The summed E-state index contributed by atoms with van der Waals surface area (Å²) in [5, 5.41) is 0.